The smallest absolute Gasteiger partial charge is 0.151 e. The highest BCUT2D eigenvalue weighted by atomic mass is 79.9. The zero-order chi connectivity index (χ0) is 14.5. The molecule has 5 heteroatoms. The first-order chi connectivity index (χ1) is 9.69. The molecule has 0 radical (unpaired) electrons. The van der Waals surface area contributed by atoms with E-state index in [0.29, 0.717) is 0 Å². The fourth-order valence-corrected chi connectivity index (χ4v) is 2.53. The van der Waals surface area contributed by atoms with E-state index in [1.165, 1.54) is 5.56 Å². The first-order valence-corrected chi connectivity index (χ1v) is 7.93. The van der Waals surface area contributed by atoms with Gasteiger partial charge in [-0.1, -0.05) is 36.7 Å². The molecule has 0 bridgehead atoms. The third kappa shape index (κ3) is 3.27. The van der Waals surface area contributed by atoms with E-state index in [0.717, 1.165) is 47.7 Å². The van der Waals surface area contributed by atoms with Crippen LogP contribution < -0.4 is 5.32 Å². The fourth-order valence-electron chi connectivity index (χ4n) is 2.13. The summed E-state index contributed by atoms with van der Waals surface area (Å²) in [6, 6.07) is 6.30. The maximum Gasteiger partial charge on any atom is 0.151 e. The first kappa shape index (κ1) is 15.2. The van der Waals surface area contributed by atoms with Gasteiger partial charge in [-0.15, -0.1) is 0 Å². The van der Waals surface area contributed by atoms with Crippen molar-refractivity contribution in [1.82, 2.24) is 20.1 Å². The van der Waals surface area contributed by atoms with Gasteiger partial charge < -0.3 is 5.32 Å². The second-order valence-corrected chi connectivity index (χ2v) is 5.53. The quantitative estimate of drug-likeness (QED) is 0.880. The SMILES string of the molecule is CCNCc1cc(Br)ccc1-n1nc(CC)nc1CC. The summed E-state index contributed by atoms with van der Waals surface area (Å²) in [7, 11) is 0. The van der Waals surface area contributed by atoms with Gasteiger partial charge in [-0.3, -0.25) is 0 Å². The first-order valence-electron chi connectivity index (χ1n) is 7.13. The fraction of sp³-hybridized carbons (Fsp3) is 0.467. The number of nitrogens with zero attached hydrogens (tertiary/aromatic N) is 3. The van der Waals surface area contributed by atoms with Gasteiger partial charge in [0.25, 0.3) is 0 Å². The van der Waals surface area contributed by atoms with E-state index >= 15 is 0 Å². The highest BCUT2D eigenvalue weighted by molar-refractivity contribution is 9.10. The molecule has 20 heavy (non-hydrogen) atoms. The lowest BCUT2D eigenvalue weighted by Crippen LogP contribution is -2.15. The molecule has 108 valence electrons. The summed E-state index contributed by atoms with van der Waals surface area (Å²) < 4.78 is 3.07. The van der Waals surface area contributed by atoms with Crippen LogP contribution in [0.1, 0.15) is 38.0 Å². The Hall–Kier alpha value is -1.20. The van der Waals surface area contributed by atoms with Crippen LogP contribution in [0.15, 0.2) is 22.7 Å². The molecule has 0 aliphatic carbocycles. The van der Waals surface area contributed by atoms with Crippen molar-refractivity contribution >= 4 is 15.9 Å². The maximum atomic E-state index is 4.63. The monoisotopic (exact) mass is 336 g/mol. The van der Waals surface area contributed by atoms with Crippen molar-refractivity contribution in [3.63, 3.8) is 0 Å². The van der Waals surface area contributed by atoms with Gasteiger partial charge in [0.1, 0.15) is 5.82 Å². The average molecular weight is 337 g/mol. The van der Waals surface area contributed by atoms with E-state index < -0.39 is 0 Å². The van der Waals surface area contributed by atoms with Crippen LogP contribution in [0.25, 0.3) is 5.69 Å². The Morgan fingerprint density at radius 1 is 1.20 bits per heavy atom. The molecule has 0 aliphatic rings. The van der Waals surface area contributed by atoms with Gasteiger partial charge in [-0.25, -0.2) is 9.67 Å². The summed E-state index contributed by atoms with van der Waals surface area (Å²) in [5.41, 5.74) is 2.33. The van der Waals surface area contributed by atoms with E-state index in [1.54, 1.807) is 0 Å². The molecule has 4 nitrogen and oxygen atoms in total. The van der Waals surface area contributed by atoms with Gasteiger partial charge in [0.15, 0.2) is 5.82 Å². The molecule has 0 spiro atoms. The van der Waals surface area contributed by atoms with Crippen LogP contribution in [0, 0.1) is 0 Å². The molecule has 2 rings (SSSR count). The number of aromatic nitrogens is 3. The topological polar surface area (TPSA) is 42.7 Å². The minimum absolute atomic E-state index is 0.829. The lowest BCUT2D eigenvalue weighted by molar-refractivity contribution is 0.708. The van der Waals surface area contributed by atoms with Gasteiger partial charge in [0.05, 0.1) is 5.69 Å². The molecular formula is C15H21BrN4. The standard InChI is InChI=1S/C15H21BrN4/c1-4-14-18-15(5-2)20(19-14)13-8-7-12(16)9-11(13)10-17-6-3/h7-9,17H,4-6,10H2,1-3H3. The normalized spacial score (nSPS) is 11.0. The molecule has 1 heterocycles. The molecule has 2 aromatic rings. The van der Waals surface area contributed by atoms with Gasteiger partial charge in [0, 0.05) is 23.9 Å². The molecule has 0 unspecified atom stereocenters. The van der Waals surface area contributed by atoms with E-state index in [9.17, 15) is 0 Å². The molecular weight excluding hydrogens is 316 g/mol. The van der Waals surface area contributed by atoms with Crippen molar-refractivity contribution in [1.29, 1.82) is 0 Å². The predicted octanol–water partition coefficient (Wildman–Crippen LogP) is 3.26. The Bertz CT molecular complexity index is 577. The largest absolute Gasteiger partial charge is 0.313 e. The van der Waals surface area contributed by atoms with Gasteiger partial charge >= 0.3 is 0 Å². The minimum Gasteiger partial charge on any atom is -0.313 e. The van der Waals surface area contributed by atoms with Gasteiger partial charge in [-0.05, 0) is 30.3 Å². The van der Waals surface area contributed by atoms with Crippen molar-refractivity contribution in [2.75, 3.05) is 6.54 Å². The van der Waals surface area contributed by atoms with Crippen LogP contribution in [-0.2, 0) is 19.4 Å². The zero-order valence-electron chi connectivity index (χ0n) is 12.3. The lowest BCUT2D eigenvalue weighted by Gasteiger charge is -2.12. The third-order valence-corrected chi connectivity index (χ3v) is 3.68. The molecule has 1 aromatic heterocycles. The Morgan fingerprint density at radius 3 is 2.65 bits per heavy atom. The number of aryl methyl sites for hydroxylation is 2. The molecule has 0 amide bonds. The summed E-state index contributed by atoms with van der Waals surface area (Å²) in [6.45, 7) is 8.09. The molecule has 0 saturated carbocycles. The summed E-state index contributed by atoms with van der Waals surface area (Å²) in [5, 5.41) is 8.01. The molecule has 0 saturated heterocycles. The van der Waals surface area contributed by atoms with Crippen LogP contribution >= 0.6 is 15.9 Å². The second kappa shape index (κ2) is 6.99. The lowest BCUT2D eigenvalue weighted by atomic mass is 10.1. The van der Waals surface area contributed by atoms with Crippen LogP contribution in [-0.4, -0.2) is 21.3 Å². The van der Waals surface area contributed by atoms with Gasteiger partial charge in [-0.2, -0.15) is 5.10 Å². The highest BCUT2D eigenvalue weighted by Gasteiger charge is 2.12. The molecule has 1 aromatic carbocycles. The van der Waals surface area contributed by atoms with Crippen LogP contribution in [0.2, 0.25) is 0 Å². The van der Waals surface area contributed by atoms with E-state index in [-0.39, 0.29) is 0 Å². The van der Waals surface area contributed by atoms with Crippen molar-refractivity contribution in [2.24, 2.45) is 0 Å². The summed E-state index contributed by atoms with van der Waals surface area (Å²) >= 11 is 3.54. The summed E-state index contributed by atoms with van der Waals surface area (Å²) in [6.07, 6.45) is 1.74. The Labute approximate surface area is 128 Å². The van der Waals surface area contributed by atoms with E-state index in [1.807, 2.05) is 4.68 Å². The zero-order valence-corrected chi connectivity index (χ0v) is 13.9. The highest BCUT2D eigenvalue weighted by Crippen LogP contribution is 2.21. The van der Waals surface area contributed by atoms with E-state index in [4.69, 9.17) is 0 Å². The van der Waals surface area contributed by atoms with Crippen LogP contribution in [0.3, 0.4) is 0 Å². The Morgan fingerprint density at radius 2 is 2.00 bits per heavy atom. The number of nitrogens with one attached hydrogen (secondary N) is 1. The van der Waals surface area contributed by atoms with Crippen molar-refractivity contribution < 1.29 is 0 Å². The van der Waals surface area contributed by atoms with Crippen molar-refractivity contribution in [3.8, 4) is 5.69 Å². The Kier molecular flexibility index (Phi) is 5.31. The molecule has 0 fully saturated rings. The molecule has 0 aliphatic heterocycles. The number of hydrogen-bond donors (Lipinski definition) is 1. The summed E-state index contributed by atoms with van der Waals surface area (Å²) in [4.78, 5) is 4.59. The average Bonchev–Trinajstić information content (AvgIpc) is 2.88. The molecule has 0 atom stereocenters. The van der Waals surface area contributed by atoms with Crippen molar-refractivity contribution in [2.45, 2.75) is 40.2 Å². The predicted molar refractivity (Wildman–Crippen MR) is 85.2 cm³/mol. The number of halogens is 1. The van der Waals surface area contributed by atoms with Crippen molar-refractivity contribution in [3.05, 3.63) is 39.9 Å². The number of benzene rings is 1. The minimum atomic E-state index is 0.829. The van der Waals surface area contributed by atoms with Gasteiger partial charge in [0.2, 0.25) is 0 Å². The second-order valence-electron chi connectivity index (χ2n) is 4.62. The third-order valence-electron chi connectivity index (χ3n) is 3.19. The van der Waals surface area contributed by atoms with Crippen LogP contribution in [0.4, 0.5) is 0 Å². The number of rotatable bonds is 6. The summed E-state index contributed by atoms with van der Waals surface area (Å²) in [5.74, 6) is 1.92. The Balaban J connectivity index is 2.47. The number of hydrogen-bond acceptors (Lipinski definition) is 3. The van der Waals surface area contributed by atoms with E-state index in [2.05, 4.69) is 70.3 Å². The maximum absolute atomic E-state index is 4.63. The molecule has 1 N–H and O–H groups in total. The van der Waals surface area contributed by atoms with Crippen LogP contribution in [0.5, 0.6) is 0 Å².